The van der Waals surface area contributed by atoms with Crippen LogP contribution in [0.1, 0.15) is 11.6 Å². The zero-order valence-electron chi connectivity index (χ0n) is 7.84. The van der Waals surface area contributed by atoms with Gasteiger partial charge in [0.2, 0.25) is 0 Å². The molecule has 0 unspecified atom stereocenters. The molecule has 1 rings (SSSR count). The van der Waals surface area contributed by atoms with Crippen LogP contribution in [0.4, 0.5) is 14.5 Å². The molecule has 0 amide bonds. The minimum Gasteiger partial charge on any atom is -0.508 e. The maximum atomic E-state index is 12.2. The number of nitrogens with two attached hydrogens (primary N) is 1. The van der Waals surface area contributed by atoms with Gasteiger partial charge in [-0.15, -0.1) is 12.4 Å². The van der Waals surface area contributed by atoms with Crippen LogP contribution in [0.25, 0.3) is 0 Å². The normalized spacial score (nSPS) is 12.0. The lowest BCUT2D eigenvalue weighted by Crippen LogP contribution is -2.19. The predicted molar refractivity (Wildman–Crippen MR) is 54.9 cm³/mol. The van der Waals surface area contributed by atoms with Gasteiger partial charge in [-0.2, -0.15) is 0 Å². The summed E-state index contributed by atoms with van der Waals surface area (Å²) >= 11 is 0. The standard InChI is InChI=1S/C8H8F2N2O3.ClH/c9-8(10)7(11)5-3-4(12(14)15)1-2-6(5)13;/h1-3,7-8,13H,11H2;1H/t7-;/m1./s1. The van der Waals surface area contributed by atoms with Crippen molar-refractivity contribution in [3.63, 3.8) is 0 Å². The number of hydrogen-bond acceptors (Lipinski definition) is 4. The Bertz CT molecular complexity index is 390. The van der Waals surface area contributed by atoms with Crippen molar-refractivity contribution in [3.8, 4) is 5.75 Å². The first-order chi connectivity index (χ1) is 6.93. The van der Waals surface area contributed by atoms with E-state index in [2.05, 4.69) is 0 Å². The Kier molecular flexibility index (Phi) is 5.06. The molecule has 1 atom stereocenters. The van der Waals surface area contributed by atoms with Gasteiger partial charge >= 0.3 is 0 Å². The van der Waals surface area contributed by atoms with E-state index < -0.39 is 23.1 Å². The Hall–Kier alpha value is -1.47. The molecule has 0 aliphatic heterocycles. The second-order valence-electron chi connectivity index (χ2n) is 2.86. The highest BCUT2D eigenvalue weighted by Gasteiger charge is 2.23. The molecular formula is C8H9ClF2N2O3. The monoisotopic (exact) mass is 254 g/mol. The first-order valence-electron chi connectivity index (χ1n) is 3.94. The molecule has 3 N–H and O–H groups in total. The SMILES string of the molecule is Cl.N[C@H](c1cc([N+](=O)[O-])ccc1O)C(F)F. The summed E-state index contributed by atoms with van der Waals surface area (Å²) in [5.41, 5.74) is 4.35. The number of aromatic hydroxyl groups is 1. The van der Waals surface area contributed by atoms with Gasteiger partial charge < -0.3 is 10.8 Å². The Morgan fingerprint density at radius 2 is 2.00 bits per heavy atom. The minimum absolute atomic E-state index is 0. The van der Waals surface area contributed by atoms with E-state index in [1.165, 1.54) is 0 Å². The Morgan fingerprint density at radius 1 is 1.44 bits per heavy atom. The highest BCUT2D eigenvalue weighted by molar-refractivity contribution is 5.85. The third-order valence-corrected chi connectivity index (χ3v) is 1.85. The summed E-state index contributed by atoms with van der Waals surface area (Å²) in [6, 6.07) is 1.09. The Labute approximate surface area is 95.4 Å². The van der Waals surface area contributed by atoms with Crippen molar-refractivity contribution in [2.75, 3.05) is 0 Å². The van der Waals surface area contributed by atoms with Crippen molar-refractivity contribution in [3.05, 3.63) is 33.9 Å². The molecular weight excluding hydrogens is 246 g/mol. The van der Waals surface area contributed by atoms with Crippen molar-refractivity contribution in [2.24, 2.45) is 5.73 Å². The van der Waals surface area contributed by atoms with E-state index in [0.29, 0.717) is 0 Å². The summed E-state index contributed by atoms with van der Waals surface area (Å²) in [5, 5.41) is 19.6. The molecule has 0 aliphatic carbocycles. The number of nitro groups is 1. The number of rotatable bonds is 3. The third-order valence-electron chi connectivity index (χ3n) is 1.85. The fourth-order valence-corrected chi connectivity index (χ4v) is 1.06. The Balaban J connectivity index is 0.00000225. The summed E-state index contributed by atoms with van der Waals surface area (Å²) in [6.45, 7) is 0. The van der Waals surface area contributed by atoms with Crippen LogP contribution in [-0.4, -0.2) is 16.5 Å². The molecule has 5 nitrogen and oxygen atoms in total. The molecule has 16 heavy (non-hydrogen) atoms. The lowest BCUT2D eigenvalue weighted by atomic mass is 10.1. The summed E-state index contributed by atoms with van der Waals surface area (Å²) in [6.07, 6.45) is -2.89. The molecule has 0 saturated heterocycles. The maximum absolute atomic E-state index is 12.2. The van der Waals surface area contributed by atoms with Gasteiger partial charge in [0.05, 0.1) is 11.0 Å². The van der Waals surface area contributed by atoms with Crippen LogP contribution in [0.3, 0.4) is 0 Å². The average molecular weight is 255 g/mol. The van der Waals surface area contributed by atoms with Crippen LogP contribution in [0.15, 0.2) is 18.2 Å². The molecule has 0 saturated carbocycles. The number of hydrogen-bond donors (Lipinski definition) is 2. The van der Waals surface area contributed by atoms with Gasteiger partial charge in [0, 0.05) is 17.7 Å². The largest absolute Gasteiger partial charge is 0.508 e. The van der Waals surface area contributed by atoms with Crippen LogP contribution in [0, 0.1) is 10.1 Å². The molecule has 1 aromatic rings. The van der Waals surface area contributed by atoms with Gasteiger partial charge in [0.1, 0.15) is 5.75 Å². The van der Waals surface area contributed by atoms with Gasteiger partial charge in [-0.25, -0.2) is 8.78 Å². The molecule has 8 heteroatoms. The van der Waals surface area contributed by atoms with Crippen molar-refractivity contribution in [2.45, 2.75) is 12.5 Å². The summed E-state index contributed by atoms with van der Waals surface area (Å²) < 4.78 is 24.4. The van der Waals surface area contributed by atoms with E-state index in [4.69, 9.17) is 5.73 Å². The molecule has 0 bridgehead atoms. The van der Waals surface area contributed by atoms with Crippen LogP contribution >= 0.6 is 12.4 Å². The summed E-state index contributed by atoms with van der Waals surface area (Å²) in [7, 11) is 0. The summed E-state index contributed by atoms with van der Waals surface area (Å²) in [5.74, 6) is -0.478. The highest BCUT2D eigenvalue weighted by atomic mass is 35.5. The number of benzene rings is 1. The first kappa shape index (κ1) is 14.5. The molecule has 0 spiro atoms. The third kappa shape index (κ3) is 3.01. The number of nitrogens with zero attached hydrogens (tertiary/aromatic N) is 1. The van der Waals surface area contributed by atoms with Crippen LogP contribution < -0.4 is 5.73 Å². The quantitative estimate of drug-likeness (QED) is 0.638. The zero-order chi connectivity index (χ0) is 11.6. The first-order valence-corrected chi connectivity index (χ1v) is 3.94. The van der Waals surface area contributed by atoms with E-state index in [0.717, 1.165) is 18.2 Å². The van der Waals surface area contributed by atoms with Gasteiger partial charge in [0.15, 0.2) is 0 Å². The van der Waals surface area contributed by atoms with Crippen molar-refractivity contribution < 1.29 is 18.8 Å². The molecule has 0 aliphatic rings. The van der Waals surface area contributed by atoms with Crippen molar-refractivity contribution >= 4 is 18.1 Å². The molecule has 0 fully saturated rings. The van der Waals surface area contributed by atoms with Gasteiger partial charge in [-0.1, -0.05) is 0 Å². The topological polar surface area (TPSA) is 89.4 Å². The Morgan fingerprint density at radius 3 is 2.44 bits per heavy atom. The molecule has 0 heterocycles. The van der Waals surface area contributed by atoms with E-state index in [1.807, 2.05) is 0 Å². The van der Waals surface area contributed by atoms with Crippen molar-refractivity contribution in [1.29, 1.82) is 0 Å². The minimum atomic E-state index is -2.89. The second-order valence-corrected chi connectivity index (χ2v) is 2.86. The fourth-order valence-electron chi connectivity index (χ4n) is 1.06. The van der Waals surface area contributed by atoms with Crippen molar-refractivity contribution in [1.82, 2.24) is 0 Å². The molecule has 0 aromatic heterocycles. The zero-order valence-corrected chi connectivity index (χ0v) is 8.66. The van der Waals surface area contributed by atoms with Gasteiger partial charge in [-0.3, -0.25) is 10.1 Å². The van der Waals surface area contributed by atoms with Crippen LogP contribution in [0.2, 0.25) is 0 Å². The van der Waals surface area contributed by atoms with Crippen LogP contribution in [0.5, 0.6) is 5.75 Å². The fraction of sp³-hybridized carbons (Fsp3) is 0.250. The lowest BCUT2D eigenvalue weighted by Gasteiger charge is -2.11. The smallest absolute Gasteiger partial charge is 0.270 e. The average Bonchev–Trinajstić information content (AvgIpc) is 2.16. The number of nitro benzene ring substituents is 1. The van der Waals surface area contributed by atoms with E-state index in [9.17, 15) is 24.0 Å². The van der Waals surface area contributed by atoms with E-state index in [-0.39, 0.29) is 23.7 Å². The molecule has 0 radical (unpaired) electrons. The number of alkyl halides is 2. The van der Waals surface area contributed by atoms with E-state index in [1.54, 1.807) is 0 Å². The van der Waals surface area contributed by atoms with E-state index >= 15 is 0 Å². The number of phenolic OH excluding ortho intramolecular Hbond substituents is 1. The molecule has 90 valence electrons. The van der Waals surface area contributed by atoms with Gasteiger partial charge in [0.25, 0.3) is 12.1 Å². The van der Waals surface area contributed by atoms with Gasteiger partial charge in [-0.05, 0) is 6.07 Å². The predicted octanol–water partition coefficient (Wildman–Crippen LogP) is 1.99. The lowest BCUT2D eigenvalue weighted by molar-refractivity contribution is -0.385. The maximum Gasteiger partial charge on any atom is 0.270 e. The number of phenols is 1. The molecule has 1 aromatic carbocycles. The number of halogens is 3. The van der Waals surface area contributed by atoms with Crippen LogP contribution in [-0.2, 0) is 0 Å². The second kappa shape index (κ2) is 5.57. The summed E-state index contributed by atoms with van der Waals surface area (Å²) in [4.78, 5) is 9.60. The highest BCUT2D eigenvalue weighted by Crippen LogP contribution is 2.30. The number of non-ortho nitro benzene ring substituents is 1.